The molecule has 0 aromatic heterocycles. The molecule has 2 unspecified atom stereocenters. The molecular formula is C14H17ClINO2. The summed E-state index contributed by atoms with van der Waals surface area (Å²) in [6.07, 6.45) is 3.28. The van der Waals surface area contributed by atoms with E-state index in [4.69, 9.17) is 11.6 Å². The Bertz CT molecular complexity index is 467. The molecule has 2 N–H and O–H groups in total. The van der Waals surface area contributed by atoms with Gasteiger partial charge in [-0.25, -0.2) is 0 Å². The minimum atomic E-state index is -0.0955. The molecule has 0 radical (unpaired) electrons. The standard InChI is InChI=1S/C14H17ClINO2/c15-12-6-9(4-5-13(12)16)14(19)17-7-10-2-1-3-11(10)8-18/h4-6,10-11,18H,1-3,7-8H2,(H,17,19). The fraction of sp³-hybridized carbons (Fsp3) is 0.500. The molecule has 0 aliphatic heterocycles. The first kappa shape index (κ1) is 15.1. The monoisotopic (exact) mass is 393 g/mol. The summed E-state index contributed by atoms with van der Waals surface area (Å²) in [5, 5.41) is 12.8. The van der Waals surface area contributed by atoms with Gasteiger partial charge in [0.25, 0.3) is 5.91 Å². The number of rotatable bonds is 4. The molecule has 1 amide bonds. The van der Waals surface area contributed by atoms with Crippen LogP contribution in [0.4, 0.5) is 0 Å². The summed E-state index contributed by atoms with van der Waals surface area (Å²) >= 11 is 8.14. The van der Waals surface area contributed by atoms with Gasteiger partial charge in [-0.2, -0.15) is 0 Å². The number of hydrogen-bond donors (Lipinski definition) is 2. The first-order valence-electron chi connectivity index (χ1n) is 6.46. The van der Waals surface area contributed by atoms with Crippen molar-refractivity contribution in [3.63, 3.8) is 0 Å². The minimum Gasteiger partial charge on any atom is -0.396 e. The lowest BCUT2D eigenvalue weighted by Gasteiger charge is -2.17. The van der Waals surface area contributed by atoms with Crippen LogP contribution in [0.5, 0.6) is 0 Å². The predicted molar refractivity (Wildman–Crippen MR) is 84.4 cm³/mol. The summed E-state index contributed by atoms with van der Waals surface area (Å²) in [6, 6.07) is 5.31. The van der Waals surface area contributed by atoms with Gasteiger partial charge in [-0.1, -0.05) is 18.0 Å². The molecule has 2 atom stereocenters. The maximum Gasteiger partial charge on any atom is 0.251 e. The highest BCUT2D eigenvalue weighted by Crippen LogP contribution is 2.30. The Morgan fingerprint density at radius 3 is 2.84 bits per heavy atom. The topological polar surface area (TPSA) is 49.3 Å². The molecule has 5 heteroatoms. The van der Waals surface area contributed by atoms with Crippen LogP contribution >= 0.6 is 34.2 Å². The van der Waals surface area contributed by atoms with E-state index in [2.05, 4.69) is 27.9 Å². The number of carbonyl (C=O) groups is 1. The van der Waals surface area contributed by atoms with Crippen molar-refractivity contribution in [3.05, 3.63) is 32.4 Å². The molecule has 0 spiro atoms. The largest absolute Gasteiger partial charge is 0.396 e. The number of carbonyl (C=O) groups excluding carboxylic acids is 1. The van der Waals surface area contributed by atoms with Gasteiger partial charge in [-0.3, -0.25) is 4.79 Å². The summed E-state index contributed by atoms with van der Waals surface area (Å²) in [6.45, 7) is 0.851. The van der Waals surface area contributed by atoms with Crippen LogP contribution in [0.1, 0.15) is 29.6 Å². The molecule has 104 valence electrons. The Labute approximate surface area is 131 Å². The molecule has 19 heavy (non-hydrogen) atoms. The van der Waals surface area contributed by atoms with Gasteiger partial charge in [0.15, 0.2) is 0 Å². The fourth-order valence-electron chi connectivity index (χ4n) is 2.59. The van der Waals surface area contributed by atoms with Crippen molar-refractivity contribution in [2.24, 2.45) is 11.8 Å². The first-order chi connectivity index (χ1) is 9.11. The molecule has 0 bridgehead atoms. The van der Waals surface area contributed by atoms with Gasteiger partial charge in [0.05, 0.1) is 5.02 Å². The van der Waals surface area contributed by atoms with E-state index in [1.165, 1.54) is 0 Å². The zero-order chi connectivity index (χ0) is 13.8. The summed E-state index contributed by atoms with van der Waals surface area (Å²) in [7, 11) is 0. The predicted octanol–water partition coefficient (Wildman–Crippen LogP) is 3.08. The molecule has 1 aromatic carbocycles. The molecule has 1 aliphatic carbocycles. The lowest BCUT2D eigenvalue weighted by Crippen LogP contribution is -2.31. The van der Waals surface area contributed by atoms with Crippen LogP contribution in [-0.2, 0) is 0 Å². The second-order valence-electron chi connectivity index (χ2n) is 4.97. The summed E-state index contributed by atoms with van der Waals surface area (Å²) < 4.78 is 0.937. The number of nitrogens with one attached hydrogen (secondary N) is 1. The van der Waals surface area contributed by atoms with Crippen molar-refractivity contribution in [2.75, 3.05) is 13.2 Å². The Morgan fingerprint density at radius 1 is 1.42 bits per heavy atom. The zero-order valence-corrected chi connectivity index (χ0v) is 13.4. The van der Waals surface area contributed by atoms with Crippen molar-refractivity contribution >= 4 is 40.1 Å². The molecule has 1 aromatic rings. The average molecular weight is 394 g/mol. The Morgan fingerprint density at radius 2 is 2.16 bits per heavy atom. The number of amides is 1. The number of aliphatic hydroxyl groups excluding tert-OH is 1. The highest BCUT2D eigenvalue weighted by atomic mass is 127. The van der Waals surface area contributed by atoms with Crippen LogP contribution in [0.25, 0.3) is 0 Å². The van der Waals surface area contributed by atoms with Crippen molar-refractivity contribution in [1.29, 1.82) is 0 Å². The quantitative estimate of drug-likeness (QED) is 0.773. The van der Waals surface area contributed by atoms with Crippen molar-refractivity contribution in [3.8, 4) is 0 Å². The third kappa shape index (κ3) is 3.83. The van der Waals surface area contributed by atoms with E-state index in [0.29, 0.717) is 29.0 Å². The van der Waals surface area contributed by atoms with Gasteiger partial charge in [0, 0.05) is 22.3 Å². The summed E-state index contributed by atoms with van der Waals surface area (Å²) in [5.41, 5.74) is 0.587. The zero-order valence-electron chi connectivity index (χ0n) is 10.5. The molecule has 1 saturated carbocycles. The maximum absolute atomic E-state index is 12.0. The molecular weight excluding hydrogens is 377 g/mol. The van der Waals surface area contributed by atoms with Crippen LogP contribution in [0, 0.1) is 15.4 Å². The van der Waals surface area contributed by atoms with Crippen LogP contribution in [-0.4, -0.2) is 24.2 Å². The van der Waals surface area contributed by atoms with Gasteiger partial charge in [0.1, 0.15) is 0 Å². The van der Waals surface area contributed by atoms with Crippen molar-refractivity contribution < 1.29 is 9.90 Å². The average Bonchev–Trinajstić information content (AvgIpc) is 2.86. The van der Waals surface area contributed by atoms with E-state index >= 15 is 0 Å². The molecule has 0 heterocycles. The molecule has 2 rings (SSSR count). The van der Waals surface area contributed by atoms with Gasteiger partial charge in [0.2, 0.25) is 0 Å². The fourth-order valence-corrected chi connectivity index (χ4v) is 3.10. The van der Waals surface area contributed by atoms with E-state index in [9.17, 15) is 9.90 Å². The number of hydrogen-bond acceptors (Lipinski definition) is 2. The third-order valence-corrected chi connectivity index (χ3v) is 5.33. The van der Waals surface area contributed by atoms with E-state index in [1.807, 2.05) is 6.07 Å². The Balaban J connectivity index is 1.92. The second-order valence-corrected chi connectivity index (χ2v) is 6.54. The third-order valence-electron chi connectivity index (χ3n) is 3.76. The second kappa shape index (κ2) is 6.90. The smallest absolute Gasteiger partial charge is 0.251 e. The normalized spacial score (nSPS) is 22.5. The van der Waals surface area contributed by atoms with Gasteiger partial charge in [-0.05, 0) is 65.5 Å². The number of aliphatic hydroxyl groups is 1. The van der Waals surface area contributed by atoms with Gasteiger partial charge in [-0.15, -0.1) is 0 Å². The first-order valence-corrected chi connectivity index (χ1v) is 7.91. The van der Waals surface area contributed by atoms with E-state index < -0.39 is 0 Å². The Kier molecular flexibility index (Phi) is 5.47. The van der Waals surface area contributed by atoms with E-state index in [-0.39, 0.29) is 12.5 Å². The van der Waals surface area contributed by atoms with Crippen molar-refractivity contribution in [2.45, 2.75) is 19.3 Å². The number of benzene rings is 1. The summed E-state index contributed by atoms with van der Waals surface area (Å²) in [5.74, 6) is 0.635. The van der Waals surface area contributed by atoms with Gasteiger partial charge < -0.3 is 10.4 Å². The van der Waals surface area contributed by atoms with Crippen molar-refractivity contribution in [1.82, 2.24) is 5.32 Å². The lowest BCUT2D eigenvalue weighted by atomic mass is 9.97. The SMILES string of the molecule is O=C(NCC1CCCC1CO)c1ccc(I)c(Cl)c1. The maximum atomic E-state index is 12.0. The van der Waals surface area contributed by atoms with Gasteiger partial charge >= 0.3 is 0 Å². The van der Waals surface area contributed by atoms with E-state index in [0.717, 1.165) is 22.8 Å². The summed E-state index contributed by atoms with van der Waals surface area (Å²) in [4.78, 5) is 12.0. The molecule has 3 nitrogen and oxygen atoms in total. The van der Waals surface area contributed by atoms with Crippen LogP contribution in [0.3, 0.4) is 0 Å². The highest BCUT2D eigenvalue weighted by molar-refractivity contribution is 14.1. The van der Waals surface area contributed by atoms with Crippen LogP contribution in [0.2, 0.25) is 5.02 Å². The molecule has 0 saturated heterocycles. The highest BCUT2D eigenvalue weighted by Gasteiger charge is 2.26. The van der Waals surface area contributed by atoms with E-state index in [1.54, 1.807) is 12.1 Å². The minimum absolute atomic E-state index is 0.0955. The van der Waals surface area contributed by atoms with Crippen LogP contribution < -0.4 is 5.32 Å². The lowest BCUT2D eigenvalue weighted by molar-refractivity contribution is 0.0937. The molecule has 1 aliphatic rings. The Hall–Kier alpha value is -0.330. The van der Waals surface area contributed by atoms with Crippen LogP contribution in [0.15, 0.2) is 18.2 Å². The number of halogens is 2. The molecule has 1 fully saturated rings.